The van der Waals surface area contributed by atoms with Crippen molar-refractivity contribution in [1.29, 1.82) is 0 Å². The second kappa shape index (κ2) is 6.86. The maximum absolute atomic E-state index is 11.3. The summed E-state index contributed by atoms with van der Waals surface area (Å²) in [5.74, 6) is 5.93. The van der Waals surface area contributed by atoms with Gasteiger partial charge in [-0.1, -0.05) is 19.1 Å². The van der Waals surface area contributed by atoms with Gasteiger partial charge in [0.1, 0.15) is 5.75 Å². The molecular formula is C13H21N3O2. The van der Waals surface area contributed by atoms with Crippen LogP contribution in [-0.2, 0) is 12.8 Å². The summed E-state index contributed by atoms with van der Waals surface area (Å²) in [5.41, 5.74) is 4.47. The summed E-state index contributed by atoms with van der Waals surface area (Å²) in [7, 11) is 3.36. The van der Waals surface area contributed by atoms with Gasteiger partial charge in [-0.2, -0.15) is 0 Å². The zero-order valence-corrected chi connectivity index (χ0v) is 11.2. The summed E-state index contributed by atoms with van der Waals surface area (Å²) in [5, 5.41) is 0. The van der Waals surface area contributed by atoms with Crippen molar-refractivity contribution in [1.82, 2.24) is 10.3 Å². The third kappa shape index (κ3) is 3.63. The third-order valence-electron chi connectivity index (χ3n) is 2.94. The maximum Gasteiger partial charge on any atom is 0.331 e. The van der Waals surface area contributed by atoms with Gasteiger partial charge in [-0.25, -0.2) is 10.6 Å². The zero-order valence-electron chi connectivity index (χ0n) is 11.2. The number of nitrogens with zero attached hydrogens (tertiary/aromatic N) is 1. The molecule has 5 nitrogen and oxygen atoms in total. The van der Waals surface area contributed by atoms with Crippen LogP contribution in [0.1, 0.15) is 18.1 Å². The van der Waals surface area contributed by atoms with Gasteiger partial charge in [0.15, 0.2) is 0 Å². The Morgan fingerprint density at radius 1 is 1.50 bits per heavy atom. The number of likely N-dealkylation sites (N-methyl/N-ethyl adjacent to an activating group) is 1. The fourth-order valence-electron chi connectivity index (χ4n) is 1.75. The Labute approximate surface area is 108 Å². The molecule has 0 unspecified atom stereocenters. The number of rotatable bonds is 5. The first kappa shape index (κ1) is 14.3. The van der Waals surface area contributed by atoms with Gasteiger partial charge in [0.05, 0.1) is 7.11 Å². The summed E-state index contributed by atoms with van der Waals surface area (Å²) in [6, 6.07) is 5.85. The molecule has 0 saturated carbocycles. The van der Waals surface area contributed by atoms with Crippen molar-refractivity contribution in [2.75, 3.05) is 20.7 Å². The molecule has 0 spiro atoms. The first-order valence-corrected chi connectivity index (χ1v) is 5.99. The fourth-order valence-corrected chi connectivity index (χ4v) is 1.75. The van der Waals surface area contributed by atoms with E-state index in [4.69, 9.17) is 10.6 Å². The number of nitrogens with two attached hydrogens (primary N) is 1. The normalized spacial score (nSPS) is 10.0. The number of benzene rings is 1. The molecule has 0 atom stereocenters. The van der Waals surface area contributed by atoms with E-state index >= 15 is 0 Å². The van der Waals surface area contributed by atoms with Crippen molar-refractivity contribution in [3.63, 3.8) is 0 Å². The van der Waals surface area contributed by atoms with E-state index in [0.29, 0.717) is 6.54 Å². The molecule has 1 aromatic carbocycles. The molecule has 2 amide bonds. The Morgan fingerprint density at radius 3 is 2.78 bits per heavy atom. The highest BCUT2D eigenvalue weighted by molar-refractivity contribution is 5.73. The first-order valence-electron chi connectivity index (χ1n) is 5.99. The van der Waals surface area contributed by atoms with Crippen molar-refractivity contribution < 1.29 is 9.53 Å². The van der Waals surface area contributed by atoms with E-state index < -0.39 is 0 Å². The molecule has 0 aromatic heterocycles. The number of amides is 2. The fraction of sp³-hybridized carbons (Fsp3) is 0.462. The predicted octanol–water partition coefficient (Wildman–Crippen LogP) is 1.32. The van der Waals surface area contributed by atoms with Gasteiger partial charge in [0, 0.05) is 13.6 Å². The lowest BCUT2D eigenvalue weighted by molar-refractivity contribution is 0.209. The molecule has 0 bridgehead atoms. The number of aryl methyl sites for hydroxylation is 1. The van der Waals surface area contributed by atoms with Crippen LogP contribution in [0.25, 0.3) is 0 Å². The van der Waals surface area contributed by atoms with Gasteiger partial charge in [-0.3, -0.25) is 5.43 Å². The van der Waals surface area contributed by atoms with Gasteiger partial charge < -0.3 is 9.64 Å². The number of hydrazine groups is 1. The Hall–Kier alpha value is -1.75. The van der Waals surface area contributed by atoms with Crippen molar-refractivity contribution in [3.05, 3.63) is 29.3 Å². The lowest BCUT2D eigenvalue weighted by Gasteiger charge is -2.17. The number of methoxy groups -OCH3 is 1. The summed E-state index contributed by atoms with van der Waals surface area (Å²) in [4.78, 5) is 12.8. The number of hydrogen-bond acceptors (Lipinski definition) is 3. The topological polar surface area (TPSA) is 67.6 Å². The Morgan fingerprint density at radius 2 is 2.22 bits per heavy atom. The van der Waals surface area contributed by atoms with Crippen molar-refractivity contribution in [2.24, 2.45) is 5.84 Å². The van der Waals surface area contributed by atoms with Crippen LogP contribution < -0.4 is 16.0 Å². The van der Waals surface area contributed by atoms with Gasteiger partial charge in [0.25, 0.3) is 0 Å². The second-order valence-corrected chi connectivity index (χ2v) is 4.12. The average molecular weight is 251 g/mol. The molecule has 0 heterocycles. The minimum atomic E-state index is -0.291. The van der Waals surface area contributed by atoms with Crippen LogP contribution in [0.15, 0.2) is 18.2 Å². The summed E-state index contributed by atoms with van der Waals surface area (Å²) >= 11 is 0. The van der Waals surface area contributed by atoms with E-state index in [9.17, 15) is 4.79 Å². The highest BCUT2D eigenvalue weighted by atomic mass is 16.5. The van der Waals surface area contributed by atoms with E-state index in [1.807, 2.05) is 6.07 Å². The second-order valence-electron chi connectivity index (χ2n) is 4.12. The number of carbonyl (C=O) groups is 1. The largest absolute Gasteiger partial charge is 0.496 e. The lowest BCUT2D eigenvalue weighted by Crippen LogP contribution is -2.42. The summed E-state index contributed by atoms with van der Waals surface area (Å²) in [6.07, 6.45) is 1.72. The molecule has 1 rings (SSSR count). The van der Waals surface area contributed by atoms with E-state index in [2.05, 4.69) is 24.5 Å². The molecule has 1 aromatic rings. The molecule has 0 aliphatic rings. The molecule has 0 radical (unpaired) electrons. The van der Waals surface area contributed by atoms with Crippen LogP contribution in [-0.4, -0.2) is 31.6 Å². The highest BCUT2D eigenvalue weighted by Gasteiger charge is 2.09. The number of nitrogens with one attached hydrogen (secondary N) is 1. The van der Waals surface area contributed by atoms with E-state index in [1.165, 1.54) is 10.5 Å². The smallest absolute Gasteiger partial charge is 0.331 e. The summed E-state index contributed by atoms with van der Waals surface area (Å²) < 4.78 is 5.32. The Kier molecular flexibility index (Phi) is 5.45. The molecule has 0 fully saturated rings. The van der Waals surface area contributed by atoms with E-state index in [1.54, 1.807) is 14.2 Å². The molecule has 18 heavy (non-hydrogen) atoms. The number of carbonyl (C=O) groups excluding carboxylic acids is 1. The van der Waals surface area contributed by atoms with Crippen LogP contribution in [0.5, 0.6) is 5.75 Å². The molecule has 3 N–H and O–H groups in total. The summed E-state index contributed by atoms with van der Waals surface area (Å²) in [6.45, 7) is 2.70. The number of hydrogen-bond donors (Lipinski definition) is 2. The quantitative estimate of drug-likeness (QED) is 0.471. The Bertz CT molecular complexity index is 407. The standard InChI is InChI=1S/C13H21N3O2/c1-4-10-5-6-12(18-3)11(9-10)7-8-16(2)13(17)15-14/h5-6,9H,4,7-8,14H2,1-3H3,(H,15,17). The number of ether oxygens (including phenoxy) is 1. The third-order valence-corrected chi connectivity index (χ3v) is 2.94. The van der Waals surface area contributed by atoms with Crippen LogP contribution >= 0.6 is 0 Å². The molecule has 0 aliphatic heterocycles. The van der Waals surface area contributed by atoms with Crippen LogP contribution in [0.2, 0.25) is 0 Å². The van der Waals surface area contributed by atoms with Crippen LogP contribution in [0, 0.1) is 0 Å². The van der Waals surface area contributed by atoms with Crippen molar-refractivity contribution in [2.45, 2.75) is 19.8 Å². The monoisotopic (exact) mass is 251 g/mol. The van der Waals surface area contributed by atoms with Gasteiger partial charge in [-0.05, 0) is 30.0 Å². The lowest BCUT2D eigenvalue weighted by atomic mass is 10.1. The SMILES string of the molecule is CCc1ccc(OC)c(CCN(C)C(=O)NN)c1. The first-order chi connectivity index (χ1) is 8.62. The van der Waals surface area contributed by atoms with Gasteiger partial charge in [0.2, 0.25) is 0 Å². The van der Waals surface area contributed by atoms with Gasteiger partial charge in [-0.15, -0.1) is 0 Å². The van der Waals surface area contributed by atoms with Gasteiger partial charge >= 0.3 is 6.03 Å². The van der Waals surface area contributed by atoms with E-state index in [0.717, 1.165) is 24.2 Å². The maximum atomic E-state index is 11.3. The minimum absolute atomic E-state index is 0.291. The predicted molar refractivity (Wildman–Crippen MR) is 71.4 cm³/mol. The zero-order chi connectivity index (χ0) is 13.5. The minimum Gasteiger partial charge on any atom is -0.496 e. The Balaban J connectivity index is 2.73. The van der Waals surface area contributed by atoms with Crippen LogP contribution in [0.3, 0.4) is 0 Å². The van der Waals surface area contributed by atoms with Crippen molar-refractivity contribution >= 4 is 6.03 Å². The molecule has 5 heteroatoms. The molecule has 0 aliphatic carbocycles. The molecule has 100 valence electrons. The number of urea groups is 1. The molecular weight excluding hydrogens is 230 g/mol. The van der Waals surface area contributed by atoms with Crippen LogP contribution in [0.4, 0.5) is 4.79 Å². The molecule has 0 saturated heterocycles. The average Bonchev–Trinajstić information content (AvgIpc) is 2.43. The van der Waals surface area contributed by atoms with Crippen molar-refractivity contribution in [3.8, 4) is 5.75 Å². The highest BCUT2D eigenvalue weighted by Crippen LogP contribution is 2.20. The van der Waals surface area contributed by atoms with E-state index in [-0.39, 0.29) is 6.03 Å².